The van der Waals surface area contributed by atoms with Gasteiger partial charge in [-0.05, 0) is 26.7 Å². The molecule has 0 aromatic rings. The molecule has 3 aliphatic rings. The van der Waals surface area contributed by atoms with Crippen molar-refractivity contribution >= 4 is 5.91 Å². The summed E-state index contributed by atoms with van der Waals surface area (Å²) < 4.78 is 11.9. The van der Waals surface area contributed by atoms with E-state index in [4.69, 9.17) is 14.3 Å². The van der Waals surface area contributed by atoms with E-state index >= 15 is 0 Å². The van der Waals surface area contributed by atoms with Gasteiger partial charge in [0.05, 0.1) is 19.3 Å². The Bertz CT molecular complexity index is 458. The van der Waals surface area contributed by atoms with Crippen LogP contribution in [0.1, 0.15) is 46.5 Å². The molecule has 0 aliphatic carbocycles. The van der Waals surface area contributed by atoms with Gasteiger partial charge in [-0.3, -0.25) is 9.63 Å². The molecule has 7 nitrogen and oxygen atoms in total. The number of carbonyl (C=O) groups is 1. The SMILES string of the molecule is CCN(CC)C(=O)C(O)(CC)[C@H]1C[C@@H]2N(CCC23OCCCO3)O1. The molecular formula is C17H30N2O5. The van der Waals surface area contributed by atoms with Crippen molar-refractivity contribution in [1.82, 2.24) is 9.96 Å². The van der Waals surface area contributed by atoms with Crippen molar-refractivity contribution in [3.8, 4) is 0 Å². The maximum absolute atomic E-state index is 12.8. The number of amides is 1. The van der Waals surface area contributed by atoms with E-state index in [-0.39, 0.29) is 11.9 Å². The average molecular weight is 342 g/mol. The first-order chi connectivity index (χ1) is 11.5. The number of hydroxylamine groups is 2. The van der Waals surface area contributed by atoms with Crippen LogP contribution in [0, 0.1) is 0 Å². The van der Waals surface area contributed by atoms with Crippen LogP contribution >= 0.6 is 0 Å². The second-order valence-corrected chi connectivity index (χ2v) is 6.85. The van der Waals surface area contributed by atoms with Crippen molar-refractivity contribution in [2.75, 3.05) is 32.8 Å². The Morgan fingerprint density at radius 3 is 2.54 bits per heavy atom. The first-order valence-corrected chi connectivity index (χ1v) is 9.23. The molecule has 0 aromatic carbocycles. The van der Waals surface area contributed by atoms with Crippen LogP contribution in [0.5, 0.6) is 0 Å². The van der Waals surface area contributed by atoms with Gasteiger partial charge in [0.25, 0.3) is 5.91 Å². The van der Waals surface area contributed by atoms with Crippen LogP contribution in [0.3, 0.4) is 0 Å². The zero-order chi connectivity index (χ0) is 17.4. The molecule has 3 atom stereocenters. The van der Waals surface area contributed by atoms with Crippen LogP contribution in [0.4, 0.5) is 0 Å². The second-order valence-electron chi connectivity index (χ2n) is 6.85. The lowest BCUT2D eigenvalue weighted by Crippen LogP contribution is -2.56. The summed E-state index contributed by atoms with van der Waals surface area (Å²) in [5.74, 6) is -0.888. The number of hydrogen-bond acceptors (Lipinski definition) is 6. The number of hydrogen-bond donors (Lipinski definition) is 1. The number of rotatable bonds is 5. The van der Waals surface area contributed by atoms with Crippen LogP contribution in [-0.2, 0) is 19.1 Å². The van der Waals surface area contributed by atoms with Gasteiger partial charge in [0, 0.05) is 32.5 Å². The minimum absolute atomic E-state index is 0.0645. The van der Waals surface area contributed by atoms with Crippen molar-refractivity contribution < 1.29 is 24.2 Å². The number of likely N-dealkylation sites (N-methyl/N-ethyl adjacent to an activating group) is 1. The van der Waals surface area contributed by atoms with E-state index < -0.39 is 17.5 Å². The minimum atomic E-state index is -1.51. The van der Waals surface area contributed by atoms with E-state index in [1.165, 1.54) is 0 Å². The lowest BCUT2D eigenvalue weighted by atomic mass is 9.86. The molecule has 0 saturated carbocycles. The Hall–Kier alpha value is -0.730. The van der Waals surface area contributed by atoms with Gasteiger partial charge in [-0.2, -0.15) is 5.06 Å². The fourth-order valence-corrected chi connectivity index (χ4v) is 4.15. The first kappa shape index (κ1) is 18.1. The maximum Gasteiger partial charge on any atom is 0.257 e. The number of carbonyl (C=O) groups excluding carboxylic acids is 1. The largest absolute Gasteiger partial charge is 0.377 e. The van der Waals surface area contributed by atoms with Crippen LogP contribution in [0.15, 0.2) is 0 Å². The molecule has 3 aliphatic heterocycles. The zero-order valence-electron chi connectivity index (χ0n) is 15.0. The van der Waals surface area contributed by atoms with E-state index in [1.807, 2.05) is 25.8 Å². The van der Waals surface area contributed by atoms with Gasteiger partial charge in [-0.15, -0.1) is 0 Å². The van der Waals surface area contributed by atoms with Crippen molar-refractivity contribution in [3.63, 3.8) is 0 Å². The van der Waals surface area contributed by atoms with Gasteiger partial charge in [0.15, 0.2) is 11.4 Å². The van der Waals surface area contributed by atoms with Crippen molar-refractivity contribution in [2.45, 2.75) is 70.0 Å². The van der Waals surface area contributed by atoms with Crippen molar-refractivity contribution in [1.29, 1.82) is 0 Å². The monoisotopic (exact) mass is 342 g/mol. The van der Waals surface area contributed by atoms with Gasteiger partial charge in [0.2, 0.25) is 0 Å². The predicted octanol–water partition coefficient (Wildman–Crippen LogP) is 0.907. The smallest absolute Gasteiger partial charge is 0.257 e. The van der Waals surface area contributed by atoms with E-state index in [9.17, 15) is 9.90 Å². The second kappa shape index (κ2) is 6.88. The Balaban J connectivity index is 1.77. The lowest BCUT2D eigenvalue weighted by molar-refractivity contribution is -0.284. The molecule has 24 heavy (non-hydrogen) atoms. The van der Waals surface area contributed by atoms with Gasteiger partial charge in [-0.25, -0.2) is 0 Å². The number of ether oxygens (including phenoxy) is 2. The summed E-state index contributed by atoms with van der Waals surface area (Å²) in [7, 11) is 0. The predicted molar refractivity (Wildman–Crippen MR) is 87.0 cm³/mol. The molecule has 0 aromatic heterocycles. The molecule has 1 amide bonds. The van der Waals surface area contributed by atoms with Gasteiger partial charge < -0.3 is 19.5 Å². The summed E-state index contributed by atoms with van der Waals surface area (Å²) in [4.78, 5) is 20.5. The summed E-state index contributed by atoms with van der Waals surface area (Å²) in [6.45, 7) is 8.89. The summed E-state index contributed by atoms with van der Waals surface area (Å²) in [6.07, 6.45) is 1.96. The van der Waals surface area contributed by atoms with E-state index in [0.29, 0.717) is 45.7 Å². The Kier molecular flexibility index (Phi) is 5.18. The summed E-state index contributed by atoms with van der Waals surface area (Å²) in [5.41, 5.74) is -1.51. The topological polar surface area (TPSA) is 71.5 Å². The minimum Gasteiger partial charge on any atom is -0.377 e. The van der Waals surface area contributed by atoms with Gasteiger partial charge in [0.1, 0.15) is 6.10 Å². The number of fused-ring (bicyclic) bond motifs is 2. The molecule has 3 rings (SSSR count). The highest BCUT2D eigenvalue weighted by molar-refractivity contribution is 5.85. The van der Waals surface area contributed by atoms with Crippen LogP contribution in [0.2, 0.25) is 0 Å². The van der Waals surface area contributed by atoms with Crippen LogP contribution < -0.4 is 0 Å². The lowest BCUT2D eigenvalue weighted by Gasteiger charge is -2.38. The molecule has 1 spiro atoms. The van der Waals surface area contributed by atoms with E-state index in [1.54, 1.807) is 4.90 Å². The molecule has 0 radical (unpaired) electrons. The number of aliphatic hydroxyl groups is 1. The molecule has 7 heteroatoms. The Morgan fingerprint density at radius 1 is 1.29 bits per heavy atom. The molecule has 1 N–H and O–H groups in total. The standard InChI is InChI=1S/C17H30N2O5/c1-4-16(21,15(20)18(5-2)6-3)14-12-13-17(8-9-19(13)24-14)22-10-7-11-23-17/h13-14,21H,4-12H2,1-3H3/t13-,14+,16?/m0/s1. The normalized spacial score (nSPS) is 31.8. The first-order valence-electron chi connectivity index (χ1n) is 9.23. The fraction of sp³-hybridized carbons (Fsp3) is 0.941. The highest BCUT2D eigenvalue weighted by Gasteiger charge is 2.60. The maximum atomic E-state index is 12.8. The fourth-order valence-electron chi connectivity index (χ4n) is 4.15. The van der Waals surface area contributed by atoms with Crippen molar-refractivity contribution in [2.24, 2.45) is 0 Å². The highest BCUT2D eigenvalue weighted by Crippen LogP contribution is 2.45. The van der Waals surface area contributed by atoms with Gasteiger partial charge >= 0.3 is 0 Å². The van der Waals surface area contributed by atoms with E-state index in [0.717, 1.165) is 12.8 Å². The number of nitrogens with zero attached hydrogens (tertiary/aromatic N) is 2. The average Bonchev–Trinajstić information content (AvgIpc) is 3.18. The summed E-state index contributed by atoms with van der Waals surface area (Å²) in [6, 6.07) is -0.0645. The summed E-state index contributed by atoms with van der Waals surface area (Å²) in [5, 5.41) is 13.0. The van der Waals surface area contributed by atoms with Crippen LogP contribution in [0.25, 0.3) is 0 Å². The molecular weight excluding hydrogens is 312 g/mol. The van der Waals surface area contributed by atoms with E-state index in [2.05, 4.69) is 0 Å². The third-order valence-electron chi connectivity index (χ3n) is 5.71. The molecule has 0 bridgehead atoms. The molecule has 138 valence electrons. The highest BCUT2D eigenvalue weighted by atomic mass is 16.7. The molecule has 3 saturated heterocycles. The third kappa shape index (κ3) is 2.76. The van der Waals surface area contributed by atoms with Crippen molar-refractivity contribution in [3.05, 3.63) is 0 Å². The Morgan fingerprint density at radius 2 is 1.96 bits per heavy atom. The summed E-state index contributed by atoms with van der Waals surface area (Å²) >= 11 is 0. The van der Waals surface area contributed by atoms with Gasteiger partial charge in [-0.1, -0.05) is 6.92 Å². The quantitative estimate of drug-likeness (QED) is 0.801. The molecule has 1 unspecified atom stereocenters. The molecule has 3 fully saturated rings. The zero-order valence-corrected chi connectivity index (χ0v) is 15.0. The Labute approximate surface area is 143 Å². The van der Waals surface area contributed by atoms with Crippen LogP contribution in [-0.4, -0.2) is 77.4 Å². The molecule has 3 heterocycles. The third-order valence-corrected chi connectivity index (χ3v) is 5.71.